The molecule has 2 aromatic carbocycles. The molecule has 0 atom stereocenters. The molecule has 3 nitrogen and oxygen atoms in total. The van der Waals surface area contributed by atoms with Gasteiger partial charge in [-0.15, -0.1) is 0 Å². The van der Waals surface area contributed by atoms with Gasteiger partial charge in [-0.1, -0.05) is 41.4 Å². The molecule has 2 rings (SSSR count). The van der Waals surface area contributed by atoms with E-state index in [0.717, 1.165) is 5.56 Å². The quantitative estimate of drug-likeness (QED) is 0.879. The number of aryl methyl sites for hydroxylation is 1. The Morgan fingerprint density at radius 3 is 2.45 bits per heavy atom. The summed E-state index contributed by atoms with van der Waals surface area (Å²) in [4.78, 5) is 14.0. The Kier molecular flexibility index (Phi) is 4.30. The third kappa shape index (κ3) is 3.52. The molecule has 0 unspecified atom stereocenters. The summed E-state index contributed by atoms with van der Waals surface area (Å²) in [7, 11) is 1.76. The number of hydrogen-bond acceptors (Lipinski definition) is 2. The summed E-state index contributed by atoms with van der Waals surface area (Å²) in [5, 5.41) is 0.470. The van der Waals surface area contributed by atoms with E-state index in [1.54, 1.807) is 30.1 Å². The molecule has 1 amide bonds. The monoisotopic (exact) mass is 288 g/mol. The Balaban J connectivity index is 2.14. The summed E-state index contributed by atoms with van der Waals surface area (Å²) in [6.45, 7) is 2.58. The van der Waals surface area contributed by atoms with E-state index < -0.39 is 0 Å². The Labute approximate surface area is 124 Å². The maximum Gasteiger partial charge on any atom is 0.254 e. The summed E-state index contributed by atoms with van der Waals surface area (Å²) in [6, 6.07) is 13.0. The van der Waals surface area contributed by atoms with E-state index in [1.807, 2.05) is 31.2 Å². The fraction of sp³-hybridized carbons (Fsp3) is 0.188. The molecule has 0 heterocycles. The van der Waals surface area contributed by atoms with Crippen molar-refractivity contribution in [3.63, 3.8) is 0 Å². The number of carbonyl (C=O) groups excluding carboxylic acids is 1. The first-order chi connectivity index (χ1) is 9.45. The fourth-order valence-corrected chi connectivity index (χ4v) is 2.24. The van der Waals surface area contributed by atoms with Crippen LogP contribution in [0.5, 0.6) is 0 Å². The van der Waals surface area contributed by atoms with Gasteiger partial charge in [-0.3, -0.25) is 4.79 Å². The first-order valence-corrected chi connectivity index (χ1v) is 6.70. The number of benzene rings is 2. The molecule has 0 aromatic heterocycles. The van der Waals surface area contributed by atoms with Gasteiger partial charge in [-0.2, -0.15) is 0 Å². The van der Waals surface area contributed by atoms with Crippen LogP contribution in [0.25, 0.3) is 0 Å². The molecule has 0 aliphatic heterocycles. The number of nitrogens with two attached hydrogens (primary N) is 1. The zero-order chi connectivity index (χ0) is 14.7. The second-order valence-electron chi connectivity index (χ2n) is 4.92. The lowest BCUT2D eigenvalue weighted by molar-refractivity contribution is 0.0785. The number of amides is 1. The number of halogens is 1. The first-order valence-electron chi connectivity index (χ1n) is 6.33. The van der Waals surface area contributed by atoms with Crippen molar-refractivity contribution in [3.8, 4) is 0 Å². The van der Waals surface area contributed by atoms with E-state index in [4.69, 9.17) is 17.3 Å². The highest BCUT2D eigenvalue weighted by atomic mass is 35.5. The van der Waals surface area contributed by atoms with Gasteiger partial charge in [-0.05, 0) is 30.7 Å². The maximum atomic E-state index is 12.3. The van der Waals surface area contributed by atoms with Crippen molar-refractivity contribution in [2.75, 3.05) is 12.8 Å². The number of rotatable bonds is 3. The van der Waals surface area contributed by atoms with Crippen LogP contribution in [0.2, 0.25) is 5.02 Å². The summed E-state index contributed by atoms with van der Waals surface area (Å²) in [5.74, 6) is -0.0974. The zero-order valence-electron chi connectivity index (χ0n) is 11.6. The molecule has 0 aliphatic carbocycles. The Bertz CT molecular complexity index is 603. The second-order valence-corrected chi connectivity index (χ2v) is 5.36. The maximum absolute atomic E-state index is 12.3. The Hall–Kier alpha value is -2.00. The molecule has 0 aliphatic rings. The van der Waals surface area contributed by atoms with Gasteiger partial charge in [0.15, 0.2) is 0 Å². The average molecular weight is 289 g/mol. The van der Waals surface area contributed by atoms with Gasteiger partial charge in [0.05, 0.1) is 0 Å². The molecule has 0 saturated heterocycles. The van der Waals surface area contributed by atoms with E-state index in [9.17, 15) is 4.79 Å². The van der Waals surface area contributed by atoms with E-state index in [1.165, 1.54) is 5.56 Å². The molecule has 104 valence electrons. The van der Waals surface area contributed by atoms with E-state index in [0.29, 0.717) is 22.8 Å². The third-order valence-corrected chi connectivity index (χ3v) is 3.27. The van der Waals surface area contributed by atoms with Crippen molar-refractivity contribution in [1.29, 1.82) is 0 Å². The van der Waals surface area contributed by atoms with Crippen molar-refractivity contribution in [2.45, 2.75) is 13.5 Å². The number of carbonyl (C=O) groups is 1. The molecule has 0 spiro atoms. The molecule has 2 N–H and O–H groups in total. The van der Waals surface area contributed by atoms with Crippen LogP contribution in [0.1, 0.15) is 21.5 Å². The van der Waals surface area contributed by atoms with Crippen LogP contribution >= 0.6 is 11.6 Å². The number of nitrogens with zero attached hydrogens (tertiary/aromatic N) is 1. The summed E-state index contributed by atoms with van der Waals surface area (Å²) < 4.78 is 0. The van der Waals surface area contributed by atoms with Crippen LogP contribution in [-0.2, 0) is 6.54 Å². The minimum atomic E-state index is -0.0974. The van der Waals surface area contributed by atoms with Crippen molar-refractivity contribution in [2.24, 2.45) is 0 Å². The summed E-state index contributed by atoms with van der Waals surface area (Å²) in [6.07, 6.45) is 0. The van der Waals surface area contributed by atoms with Gasteiger partial charge < -0.3 is 10.6 Å². The predicted octanol–water partition coefficient (Wildman–Crippen LogP) is 3.50. The van der Waals surface area contributed by atoms with Crippen molar-refractivity contribution in [3.05, 3.63) is 64.2 Å². The van der Waals surface area contributed by atoms with Gasteiger partial charge in [0.2, 0.25) is 0 Å². The lowest BCUT2D eigenvalue weighted by Crippen LogP contribution is -2.26. The Morgan fingerprint density at radius 2 is 1.85 bits per heavy atom. The molecule has 4 heteroatoms. The minimum Gasteiger partial charge on any atom is -0.399 e. The second kappa shape index (κ2) is 5.97. The van der Waals surface area contributed by atoms with Gasteiger partial charge in [0, 0.05) is 29.9 Å². The molecular formula is C16H17ClN2O. The average Bonchev–Trinajstić information content (AvgIpc) is 2.39. The highest BCUT2D eigenvalue weighted by molar-refractivity contribution is 6.31. The van der Waals surface area contributed by atoms with Crippen LogP contribution in [0.3, 0.4) is 0 Å². The lowest BCUT2D eigenvalue weighted by atomic mass is 10.1. The largest absolute Gasteiger partial charge is 0.399 e. The topological polar surface area (TPSA) is 46.3 Å². The number of nitrogen functional groups attached to an aromatic ring is 1. The Morgan fingerprint density at radius 1 is 1.20 bits per heavy atom. The van der Waals surface area contributed by atoms with Gasteiger partial charge in [0.25, 0.3) is 5.91 Å². The molecule has 0 saturated carbocycles. The zero-order valence-corrected chi connectivity index (χ0v) is 12.3. The van der Waals surface area contributed by atoms with Crippen molar-refractivity contribution < 1.29 is 4.79 Å². The fourth-order valence-electron chi connectivity index (χ4n) is 2.00. The van der Waals surface area contributed by atoms with E-state index in [-0.39, 0.29) is 5.91 Å². The molecule has 2 aromatic rings. The normalized spacial score (nSPS) is 10.3. The number of anilines is 1. The first kappa shape index (κ1) is 14.4. The van der Waals surface area contributed by atoms with Crippen molar-refractivity contribution in [1.82, 2.24) is 4.90 Å². The predicted molar refractivity (Wildman–Crippen MR) is 82.8 cm³/mol. The van der Waals surface area contributed by atoms with Gasteiger partial charge >= 0.3 is 0 Å². The van der Waals surface area contributed by atoms with Gasteiger partial charge in [0.1, 0.15) is 0 Å². The van der Waals surface area contributed by atoms with Crippen LogP contribution < -0.4 is 5.73 Å². The highest BCUT2D eigenvalue weighted by Crippen LogP contribution is 2.18. The SMILES string of the molecule is Cc1ccc(CN(C)C(=O)c2cc(N)cc(Cl)c2)cc1. The molecular weight excluding hydrogens is 272 g/mol. The lowest BCUT2D eigenvalue weighted by Gasteiger charge is -2.18. The smallest absolute Gasteiger partial charge is 0.254 e. The van der Waals surface area contributed by atoms with E-state index >= 15 is 0 Å². The van der Waals surface area contributed by atoms with Gasteiger partial charge in [-0.25, -0.2) is 0 Å². The molecule has 0 fully saturated rings. The minimum absolute atomic E-state index is 0.0974. The van der Waals surface area contributed by atoms with Crippen LogP contribution in [-0.4, -0.2) is 17.9 Å². The molecule has 0 bridgehead atoms. The van der Waals surface area contributed by atoms with E-state index in [2.05, 4.69) is 0 Å². The molecule has 0 radical (unpaired) electrons. The summed E-state index contributed by atoms with van der Waals surface area (Å²) in [5.41, 5.74) is 8.99. The van der Waals surface area contributed by atoms with Crippen LogP contribution in [0, 0.1) is 6.92 Å². The third-order valence-electron chi connectivity index (χ3n) is 3.05. The van der Waals surface area contributed by atoms with Crippen LogP contribution in [0.15, 0.2) is 42.5 Å². The summed E-state index contributed by atoms with van der Waals surface area (Å²) >= 11 is 5.93. The van der Waals surface area contributed by atoms with Crippen molar-refractivity contribution >= 4 is 23.2 Å². The van der Waals surface area contributed by atoms with Crippen LogP contribution in [0.4, 0.5) is 5.69 Å². The molecule has 20 heavy (non-hydrogen) atoms. The highest BCUT2D eigenvalue weighted by Gasteiger charge is 2.13. The number of hydrogen-bond donors (Lipinski definition) is 1. The standard InChI is InChI=1S/C16H17ClN2O/c1-11-3-5-12(6-4-11)10-19(2)16(20)13-7-14(17)9-15(18)8-13/h3-9H,10,18H2,1-2H3.